The molecule has 1 amide bonds. The number of amides is 1. The van der Waals surface area contributed by atoms with Gasteiger partial charge in [0.25, 0.3) is 0 Å². The molecule has 0 aliphatic carbocycles. The average molecular weight is 370 g/mol. The van der Waals surface area contributed by atoms with Crippen LogP contribution in [0.4, 0.5) is 0 Å². The molecule has 1 atom stereocenters. The average Bonchev–Trinajstić information content (AvgIpc) is 2.25. The minimum Gasteiger partial charge on any atom is -0.354 e. The van der Waals surface area contributed by atoms with E-state index in [2.05, 4.69) is 42.2 Å². The summed E-state index contributed by atoms with van der Waals surface area (Å²) in [5, 5.41) is 1.96. The van der Waals surface area contributed by atoms with Gasteiger partial charge in [-0.1, -0.05) is 6.92 Å². The third-order valence-electron chi connectivity index (χ3n) is 1.86. The lowest BCUT2D eigenvalue weighted by atomic mass is 10.2. The van der Waals surface area contributed by atoms with Gasteiger partial charge in [-0.2, -0.15) is 0 Å². The zero-order chi connectivity index (χ0) is 12.1. The maximum absolute atomic E-state index is 11.6. The van der Waals surface area contributed by atoms with E-state index in [9.17, 15) is 4.79 Å². The Morgan fingerprint density at radius 3 is 2.88 bits per heavy atom. The highest BCUT2D eigenvalue weighted by Crippen LogP contribution is 2.28. The number of nitrogens with one attached hydrogen (secondary N) is 1. The van der Waals surface area contributed by atoms with Crippen molar-refractivity contribution in [3.05, 3.63) is 26.9 Å². The SMILES string of the molecule is CCCNC(=O)C(Cl)c1ncc(Br)cc1Br. The molecule has 1 heterocycles. The van der Waals surface area contributed by atoms with Crippen LogP contribution in [0.25, 0.3) is 0 Å². The smallest absolute Gasteiger partial charge is 0.244 e. The van der Waals surface area contributed by atoms with Crippen LogP contribution >= 0.6 is 43.5 Å². The molecule has 3 nitrogen and oxygen atoms in total. The van der Waals surface area contributed by atoms with E-state index in [4.69, 9.17) is 11.6 Å². The third-order valence-corrected chi connectivity index (χ3v) is 3.33. The summed E-state index contributed by atoms with van der Waals surface area (Å²) in [4.78, 5) is 15.7. The zero-order valence-corrected chi connectivity index (χ0v) is 12.6. The van der Waals surface area contributed by atoms with Crippen LogP contribution in [0.2, 0.25) is 0 Å². The van der Waals surface area contributed by atoms with Crippen molar-refractivity contribution in [3.63, 3.8) is 0 Å². The van der Waals surface area contributed by atoms with Gasteiger partial charge >= 0.3 is 0 Å². The van der Waals surface area contributed by atoms with E-state index in [1.165, 1.54) is 0 Å². The number of hydrogen-bond donors (Lipinski definition) is 1. The zero-order valence-electron chi connectivity index (χ0n) is 8.64. The molecule has 0 spiro atoms. The van der Waals surface area contributed by atoms with Crippen LogP contribution in [0, 0.1) is 0 Å². The third kappa shape index (κ3) is 3.71. The van der Waals surface area contributed by atoms with Crippen molar-refractivity contribution in [2.45, 2.75) is 18.7 Å². The van der Waals surface area contributed by atoms with Crippen LogP contribution in [-0.2, 0) is 4.79 Å². The van der Waals surface area contributed by atoms with Crippen LogP contribution in [0.1, 0.15) is 24.4 Å². The Bertz CT molecular complexity index is 387. The maximum Gasteiger partial charge on any atom is 0.244 e. The van der Waals surface area contributed by atoms with E-state index >= 15 is 0 Å². The molecule has 88 valence electrons. The standard InChI is InChI=1S/C10H11Br2ClN2O/c1-2-3-14-10(16)8(13)9-7(12)4-6(11)5-15-9/h4-5,8H,2-3H2,1H3,(H,14,16). The highest BCUT2D eigenvalue weighted by molar-refractivity contribution is 9.11. The number of halogens is 3. The lowest BCUT2D eigenvalue weighted by Crippen LogP contribution is -2.28. The molecule has 1 aromatic rings. The topological polar surface area (TPSA) is 42.0 Å². The van der Waals surface area contributed by atoms with Crippen LogP contribution in [0.5, 0.6) is 0 Å². The summed E-state index contributed by atoms with van der Waals surface area (Å²) >= 11 is 12.6. The summed E-state index contributed by atoms with van der Waals surface area (Å²) in [6.45, 7) is 2.60. The van der Waals surface area contributed by atoms with Crippen LogP contribution < -0.4 is 5.32 Å². The molecular weight excluding hydrogens is 359 g/mol. The van der Waals surface area contributed by atoms with Crippen molar-refractivity contribution in [2.75, 3.05) is 6.54 Å². The van der Waals surface area contributed by atoms with Crippen LogP contribution in [0.15, 0.2) is 21.2 Å². The lowest BCUT2D eigenvalue weighted by Gasteiger charge is -2.11. The molecule has 0 aliphatic rings. The molecule has 0 radical (unpaired) electrons. The first-order chi connectivity index (χ1) is 7.56. The minimum atomic E-state index is -0.769. The summed E-state index contributed by atoms with van der Waals surface area (Å²) in [6.07, 6.45) is 2.49. The molecule has 0 aromatic carbocycles. The Hall–Kier alpha value is -0.130. The summed E-state index contributed by atoms with van der Waals surface area (Å²) in [5.74, 6) is -0.223. The van der Waals surface area contributed by atoms with Gasteiger partial charge in [0.15, 0.2) is 5.38 Å². The van der Waals surface area contributed by atoms with E-state index in [1.54, 1.807) is 6.20 Å². The summed E-state index contributed by atoms with van der Waals surface area (Å²) in [5.41, 5.74) is 0.526. The summed E-state index contributed by atoms with van der Waals surface area (Å²) in [6, 6.07) is 1.81. The van der Waals surface area contributed by atoms with Gasteiger partial charge in [0.2, 0.25) is 5.91 Å². The second-order valence-corrected chi connectivity index (χ2v) is 5.38. The van der Waals surface area contributed by atoms with E-state index in [0.29, 0.717) is 16.7 Å². The predicted octanol–water partition coefficient (Wildman–Crippen LogP) is 3.41. The van der Waals surface area contributed by atoms with Gasteiger partial charge in [-0.15, -0.1) is 11.6 Å². The van der Waals surface area contributed by atoms with Crippen molar-refractivity contribution < 1.29 is 4.79 Å². The van der Waals surface area contributed by atoms with Crippen LogP contribution in [-0.4, -0.2) is 17.4 Å². The van der Waals surface area contributed by atoms with E-state index in [0.717, 1.165) is 10.9 Å². The lowest BCUT2D eigenvalue weighted by molar-refractivity contribution is -0.120. The Morgan fingerprint density at radius 2 is 2.31 bits per heavy atom. The Morgan fingerprint density at radius 1 is 1.62 bits per heavy atom. The minimum absolute atomic E-state index is 0.223. The molecule has 0 saturated carbocycles. The number of rotatable bonds is 4. The molecule has 6 heteroatoms. The quantitative estimate of drug-likeness (QED) is 0.826. The molecule has 0 aliphatic heterocycles. The second kappa shape index (κ2) is 6.57. The Balaban J connectivity index is 2.79. The number of alkyl halides is 1. The number of aromatic nitrogens is 1. The monoisotopic (exact) mass is 368 g/mol. The second-order valence-electron chi connectivity index (χ2n) is 3.17. The van der Waals surface area contributed by atoms with E-state index in [-0.39, 0.29) is 5.91 Å². The number of carbonyl (C=O) groups excluding carboxylic acids is 1. The van der Waals surface area contributed by atoms with Crippen molar-refractivity contribution >= 4 is 49.4 Å². The predicted molar refractivity (Wildman–Crippen MR) is 71.5 cm³/mol. The van der Waals surface area contributed by atoms with Gasteiger partial charge in [-0.3, -0.25) is 9.78 Å². The number of pyridine rings is 1. The van der Waals surface area contributed by atoms with Gasteiger partial charge in [-0.05, 0) is 44.3 Å². The molecule has 1 aromatic heterocycles. The van der Waals surface area contributed by atoms with Crippen molar-refractivity contribution in [1.82, 2.24) is 10.3 Å². The van der Waals surface area contributed by atoms with E-state index in [1.807, 2.05) is 13.0 Å². The summed E-state index contributed by atoms with van der Waals surface area (Å²) in [7, 11) is 0. The normalized spacial score (nSPS) is 12.2. The highest BCUT2D eigenvalue weighted by atomic mass is 79.9. The van der Waals surface area contributed by atoms with E-state index < -0.39 is 5.38 Å². The molecule has 1 unspecified atom stereocenters. The molecule has 16 heavy (non-hydrogen) atoms. The van der Waals surface area contributed by atoms with Crippen LogP contribution in [0.3, 0.4) is 0 Å². The van der Waals surface area contributed by atoms with Gasteiger partial charge in [0.05, 0.1) is 5.69 Å². The van der Waals surface area contributed by atoms with Crippen molar-refractivity contribution in [3.8, 4) is 0 Å². The molecule has 0 bridgehead atoms. The van der Waals surface area contributed by atoms with Crippen molar-refractivity contribution in [2.24, 2.45) is 0 Å². The van der Waals surface area contributed by atoms with Gasteiger partial charge in [-0.25, -0.2) is 0 Å². The number of nitrogens with zero attached hydrogens (tertiary/aromatic N) is 1. The molecule has 0 fully saturated rings. The maximum atomic E-state index is 11.6. The number of hydrogen-bond acceptors (Lipinski definition) is 2. The fourth-order valence-electron chi connectivity index (χ4n) is 1.07. The fourth-order valence-corrected chi connectivity index (χ4v) is 2.67. The Labute approximate surface area is 116 Å². The summed E-state index contributed by atoms with van der Waals surface area (Å²) < 4.78 is 1.55. The highest BCUT2D eigenvalue weighted by Gasteiger charge is 2.21. The molecular formula is C10H11Br2ClN2O. The first kappa shape index (κ1) is 13.9. The van der Waals surface area contributed by atoms with Gasteiger partial charge in [0, 0.05) is 21.7 Å². The Kier molecular flexibility index (Phi) is 5.72. The first-order valence-corrected chi connectivity index (χ1v) is 6.81. The number of carbonyl (C=O) groups is 1. The molecule has 0 saturated heterocycles. The molecule has 1 N–H and O–H groups in total. The largest absolute Gasteiger partial charge is 0.354 e. The fraction of sp³-hybridized carbons (Fsp3) is 0.400. The first-order valence-electron chi connectivity index (χ1n) is 4.79. The van der Waals surface area contributed by atoms with Gasteiger partial charge in [0.1, 0.15) is 0 Å². The van der Waals surface area contributed by atoms with Crippen molar-refractivity contribution in [1.29, 1.82) is 0 Å². The van der Waals surface area contributed by atoms with Gasteiger partial charge < -0.3 is 5.32 Å². The molecule has 1 rings (SSSR count).